The number of amides is 3. The van der Waals surface area contributed by atoms with Crippen molar-refractivity contribution in [3.8, 4) is 11.5 Å². The van der Waals surface area contributed by atoms with Gasteiger partial charge < -0.3 is 50.4 Å². The Morgan fingerprint density at radius 1 is 0.711 bits per heavy atom. The van der Waals surface area contributed by atoms with Gasteiger partial charge in [-0.15, -0.1) is 0 Å². The number of likely N-dealkylation sites (N-methyl/N-ethyl adjacent to an activating group) is 1. The van der Waals surface area contributed by atoms with Crippen molar-refractivity contribution in [1.29, 1.82) is 0 Å². The molecule has 3 heterocycles. The monoisotopic (exact) mass is 1060 g/mol. The first kappa shape index (κ1) is 59.1. The van der Waals surface area contributed by atoms with Crippen molar-refractivity contribution in [1.82, 2.24) is 30.8 Å². The Labute approximate surface area is 454 Å². The van der Waals surface area contributed by atoms with E-state index in [0.717, 1.165) is 97.8 Å². The summed E-state index contributed by atoms with van der Waals surface area (Å²) in [5, 5.41) is 16.2. The number of fused-ring (bicyclic) bond motifs is 1. The topological polar surface area (TPSA) is 194 Å². The molecule has 0 radical (unpaired) electrons. The van der Waals surface area contributed by atoms with Crippen LogP contribution >= 0.6 is 11.8 Å². The first-order valence-electron chi connectivity index (χ1n) is 27.2. The summed E-state index contributed by atoms with van der Waals surface area (Å²) in [4.78, 5) is 59.6. The third-order valence-electron chi connectivity index (χ3n) is 13.1. The zero-order chi connectivity index (χ0) is 53.4. The molecule has 3 atom stereocenters. The molecule has 3 amide bonds. The van der Waals surface area contributed by atoms with Gasteiger partial charge in [-0.05, 0) is 118 Å². The van der Waals surface area contributed by atoms with Crippen molar-refractivity contribution in [3.63, 3.8) is 0 Å². The van der Waals surface area contributed by atoms with Gasteiger partial charge in [0.1, 0.15) is 35.2 Å². The minimum absolute atomic E-state index is 0.0363. The SMILES string of the molecule is C=C(/C=C/CN(C)CCCCCC(=O)CCCC(=O)NCCCOCCOCCOCCCNC(=O)CCCC[C@@H]1SC[C@@H]2NC(=O)C[C@@H]21)c1cccc(Nc2cc(Nc3ccc(Oc4ccccc4)cc3)ncn2)c1. The Balaban J connectivity index is 0.680. The average Bonchev–Trinajstić information content (AvgIpc) is 3.98. The number of hydrogen-bond acceptors (Lipinski definition) is 14. The molecule has 410 valence electrons. The number of allylic oxidation sites excluding steroid dienone is 2. The third kappa shape index (κ3) is 23.4. The lowest BCUT2D eigenvalue weighted by Gasteiger charge is -2.15. The van der Waals surface area contributed by atoms with Gasteiger partial charge in [0.05, 0.1) is 26.4 Å². The van der Waals surface area contributed by atoms with Crippen LogP contribution in [0.5, 0.6) is 11.5 Å². The highest BCUT2D eigenvalue weighted by atomic mass is 32.2. The quantitative estimate of drug-likeness (QED) is 0.0209. The van der Waals surface area contributed by atoms with E-state index in [1.807, 2.05) is 103 Å². The molecule has 1 aromatic heterocycles. The summed E-state index contributed by atoms with van der Waals surface area (Å²) in [6.07, 6.45) is 16.1. The summed E-state index contributed by atoms with van der Waals surface area (Å²) >= 11 is 1.97. The standard InChI is InChI=1S/C59H80N8O8S/c1-45(46-17-11-18-48(40-46)65-56-42-55(62-44-63-56)64-47-26-28-51(29-27-47)75-50-21-6-3-7-22-50)16-13-33-67(2)32-10-4-5-19-49(68)20-12-25-58(70)61-31-15-35-73-37-39-74-38-36-72-34-14-30-60-57(69)24-9-8-23-54-52-41-59(71)66-53(52)43-76-54/h3,6-7,11,13,16-18,21-22,26-29,40,42,44,52-54H,1,4-5,8-10,12,14-15,19-20,23-25,30-39,41,43H2,2H3,(H,60,69)(H,61,70)(H,66,71)(H2,62,63,64,65)/b16-13+/t52-,53-,54-/m0/s1. The van der Waals surface area contributed by atoms with Crippen molar-refractivity contribution in [2.24, 2.45) is 5.92 Å². The minimum Gasteiger partial charge on any atom is -0.457 e. The molecule has 16 nitrogen and oxygen atoms in total. The van der Waals surface area contributed by atoms with Gasteiger partial charge in [-0.3, -0.25) is 19.2 Å². The van der Waals surface area contributed by atoms with Gasteiger partial charge in [0, 0.05) is 105 Å². The molecule has 2 aliphatic rings. The number of thioether (sulfide) groups is 1. The number of carbonyl (C=O) groups is 4. The van der Waals surface area contributed by atoms with E-state index in [4.69, 9.17) is 18.9 Å². The van der Waals surface area contributed by atoms with E-state index >= 15 is 0 Å². The number of carbonyl (C=O) groups excluding carboxylic acids is 4. The van der Waals surface area contributed by atoms with Crippen LogP contribution in [0.1, 0.15) is 95.5 Å². The largest absolute Gasteiger partial charge is 0.457 e. The number of rotatable bonds is 39. The van der Waals surface area contributed by atoms with Gasteiger partial charge in [-0.25, -0.2) is 9.97 Å². The number of nitrogens with one attached hydrogen (secondary N) is 5. The van der Waals surface area contributed by atoms with Gasteiger partial charge in [-0.1, -0.05) is 61.9 Å². The number of hydrogen-bond donors (Lipinski definition) is 5. The van der Waals surface area contributed by atoms with Gasteiger partial charge in [-0.2, -0.15) is 11.8 Å². The maximum atomic E-state index is 12.5. The van der Waals surface area contributed by atoms with Crippen molar-refractivity contribution in [3.05, 3.63) is 116 Å². The summed E-state index contributed by atoms with van der Waals surface area (Å²) in [7, 11) is 2.10. The van der Waals surface area contributed by atoms with Crippen LogP contribution in [0.3, 0.4) is 0 Å². The number of benzene rings is 3. The molecule has 3 aromatic carbocycles. The Morgan fingerprint density at radius 2 is 1.36 bits per heavy atom. The lowest BCUT2D eigenvalue weighted by Crippen LogP contribution is -2.29. The molecule has 0 spiro atoms. The normalized spacial score (nSPS) is 15.9. The van der Waals surface area contributed by atoms with Crippen molar-refractivity contribution in [2.45, 2.75) is 101 Å². The van der Waals surface area contributed by atoms with Crippen molar-refractivity contribution < 1.29 is 38.1 Å². The highest BCUT2D eigenvalue weighted by Gasteiger charge is 2.42. The van der Waals surface area contributed by atoms with Crippen LogP contribution in [-0.2, 0) is 33.4 Å². The highest BCUT2D eigenvalue weighted by Crippen LogP contribution is 2.40. The van der Waals surface area contributed by atoms with Crippen LogP contribution < -0.4 is 31.3 Å². The van der Waals surface area contributed by atoms with Gasteiger partial charge in [0.15, 0.2) is 0 Å². The van der Waals surface area contributed by atoms with E-state index in [0.29, 0.717) is 127 Å². The van der Waals surface area contributed by atoms with E-state index < -0.39 is 0 Å². The molecule has 17 heteroatoms. The Bertz CT molecular complexity index is 2410. The zero-order valence-corrected chi connectivity index (χ0v) is 45.3. The van der Waals surface area contributed by atoms with Crippen LogP contribution in [0.15, 0.2) is 110 Å². The fourth-order valence-electron chi connectivity index (χ4n) is 8.92. The molecule has 5 N–H and O–H groups in total. The smallest absolute Gasteiger partial charge is 0.220 e. The Kier molecular flexibility index (Phi) is 26.9. The van der Waals surface area contributed by atoms with Crippen LogP contribution in [0, 0.1) is 5.92 Å². The number of Topliss-reactive ketones (excluding diaryl/α,β-unsaturated/α-hetero) is 1. The molecule has 2 fully saturated rings. The van der Waals surface area contributed by atoms with Crippen LogP contribution in [0.2, 0.25) is 0 Å². The van der Waals surface area contributed by atoms with Crippen molar-refractivity contribution >= 4 is 63.9 Å². The molecular formula is C59H80N8O8S. The predicted molar refractivity (Wildman–Crippen MR) is 303 cm³/mol. The lowest BCUT2D eigenvalue weighted by atomic mass is 9.94. The van der Waals surface area contributed by atoms with E-state index in [2.05, 4.69) is 61.2 Å². The summed E-state index contributed by atoms with van der Waals surface area (Å²) in [6.45, 7) is 10.1. The second-order valence-electron chi connectivity index (χ2n) is 19.4. The average molecular weight is 1060 g/mol. The molecule has 2 aliphatic heterocycles. The molecule has 0 bridgehead atoms. The first-order chi connectivity index (χ1) is 37.2. The number of para-hydroxylation sites is 1. The number of ketones is 1. The number of ether oxygens (including phenoxy) is 4. The first-order valence-corrected chi connectivity index (χ1v) is 28.2. The maximum absolute atomic E-state index is 12.5. The van der Waals surface area contributed by atoms with E-state index in [1.165, 1.54) is 6.33 Å². The molecule has 0 unspecified atom stereocenters. The van der Waals surface area contributed by atoms with E-state index in [9.17, 15) is 19.2 Å². The fourth-order valence-corrected chi connectivity index (χ4v) is 10.6. The predicted octanol–water partition coefficient (Wildman–Crippen LogP) is 9.80. The number of nitrogens with zero attached hydrogens (tertiary/aromatic N) is 3. The number of unbranched alkanes of at least 4 members (excludes halogenated alkanes) is 3. The minimum atomic E-state index is -0.0363. The molecule has 6 rings (SSSR count). The lowest BCUT2D eigenvalue weighted by molar-refractivity contribution is -0.122. The third-order valence-corrected chi connectivity index (χ3v) is 14.6. The molecule has 76 heavy (non-hydrogen) atoms. The van der Waals surface area contributed by atoms with Crippen LogP contribution in [-0.4, -0.2) is 128 Å². The fraction of sp³-hybridized carbons (Fsp3) is 0.492. The highest BCUT2D eigenvalue weighted by molar-refractivity contribution is 8.00. The molecule has 0 saturated carbocycles. The second-order valence-corrected chi connectivity index (χ2v) is 20.6. The van der Waals surface area contributed by atoms with Crippen LogP contribution in [0.25, 0.3) is 5.57 Å². The molecular weight excluding hydrogens is 981 g/mol. The molecule has 2 saturated heterocycles. The zero-order valence-electron chi connectivity index (χ0n) is 44.4. The van der Waals surface area contributed by atoms with Crippen molar-refractivity contribution in [2.75, 3.05) is 89.3 Å². The summed E-state index contributed by atoms with van der Waals surface area (Å²) in [5.41, 5.74) is 3.67. The molecule has 0 aliphatic carbocycles. The van der Waals surface area contributed by atoms with Gasteiger partial charge >= 0.3 is 0 Å². The number of aromatic nitrogens is 2. The van der Waals surface area contributed by atoms with E-state index in [1.54, 1.807) is 0 Å². The summed E-state index contributed by atoms with van der Waals surface area (Å²) < 4.78 is 22.7. The van der Waals surface area contributed by atoms with Gasteiger partial charge in [0.25, 0.3) is 0 Å². The second kappa shape index (κ2) is 34.5. The molecule has 4 aromatic rings. The van der Waals surface area contributed by atoms with E-state index in [-0.39, 0.29) is 23.5 Å². The Hall–Kier alpha value is -6.11. The Morgan fingerprint density at radius 3 is 2.08 bits per heavy atom. The maximum Gasteiger partial charge on any atom is 0.220 e. The summed E-state index contributed by atoms with van der Waals surface area (Å²) in [5.74, 6) is 4.78. The number of anilines is 4. The summed E-state index contributed by atoms with van der Waals surface area (Å²) in [6, 6.07) is 27.7. The van der Waals surface area contributed by atoms with Gasteiger partial charge in [0.2, 0.25) is 17.7 Å². The van der Waals surface area contributed by atoms with Crippen LogP contribution in [0.4, 0.5) is 23.0 Å².